The SMILES string of the molecule is COCCn1c(O)c(C=Nc2ccccc2OC)c(C)c(C#N)c1=O. The lowest BCUT2D eigenvalue weighted by Gasteiger charge is -2.13. The van der Waals surface area contributed by atoms with Crippen molar-refractivity contribution < 1.29 is 14.6 Å². The summed E-state index contributed by atoms with van der Waals surface area (Å²) >= 11 is 0. The average molecular weight is 341 g/mol. The Morgan fingerprint density at radius 3 is 2.72 bits per heavy atom. The predicted molar refractivity (Wildman–Crippen MR) is 93.9 cm³/mol. The minimum absolute atomic E-state index is 0.0321. The molecule has 0 aliphatic heterocycles. The molecule has 130 valence electrons. The van der Waals surface area contributed by atoms with Crippen molar-refractivity contribution in [3.05, 3.63) is 51.3 Å². The Labute approximate surface area is 145 Å². The first-order valence-corrected chi connectivity index (χ1v) is 7.57. The van der Waals surface area contributed by atoms with Crippen LogP contribution in [0.2, 0.25) is 0 Å². The van der Waals surface area contributed by atoms with Gasteiger partial charge >= 0.3 is 0 Å². The largest absolute Gasteiger partial charge is 0.494 e. The molecule has 2 aromatic rings. The minimum atomic E-state index is -0.552. The monoisotopic (exact) mass is 341 g/mol. The zero-order valence-corrected chi connectivity index (χ0v) is 14.3. The molecule has 0 amide bonds. The van der Waals surface area contributed by atoms with Crippen LogP contribution in [0.1, 0.15) is 16.7 Å². The van der Waals surface area contributed by atoms with E-state index in [1.54, 1.807) is 19.1 Å². The van der Waals surface area contributed by atoms with Gasteiger partial charge in [0.1, 0.15) is 23.1 Å². The highest BCUT2D eigenvalue weighted by atomic mass is 16.5. The smallest absolute Gasteiger partial charge is 0.271 e. The van der Waals surface area contributed by atoms with Crippen LogP contribution in [0, 0.1) is 18.3 Å². The minimum Gasteiger partial charge on any atom is -0.494 e. The third-order valence-corrected chi connectivity index (χ3v) is 3.78. The van der Waals surface area contributed by atoms with E-state index >= 15 is 0 Å². The summed E-state index contributed by atoms with van der Waals surface area (Å²) in [5.74, 6) is 0.321. The Kier molecular flexibility index (Phi) is 5.93. The lowest BCUT2D eigenvalue weighted by molar-refractivity contribution is 0.182. The first kappa shape index (κ1) is 18.2. The van der Waals surface area contributed by atoms with Gasteiger partial charge in [0.05, 0.1) is 25.8 Å². The number of methoxy groups -OCH3 is 2. The summed E-state index contributed by atoms with van der Waals surface area (Å²) in [4.78, 5) is 16.7. The van der Waals surface area contributed by atoms with Crippen molar-refractivity contribution in [1.82, 2.24) is 4.57 Å². The van der Waals surface area contributed by atoms with Gasteiger partial charge in [-0.2, -0.15) is 5.26 Å². The van der Waals surface area contributed by atoms with Crippen molar-refractivity contribution in [2.24, 2.45) is 4.99 Å². The van der Waals surface area contributed by atoms with Gasteiger partial charge in [-0.05, 0) is 24.6 Å². The van der Waals surface area contributed by atoms with E-state index in [0.717, 1.165) is 4.57 Å². The first-order valence-electron chi connectivity index (χ1n) is 7.57. The molecule has 2 rings (SSSR count). The van der Waals surface area contributed by atoms with E-state index in [1.807, 2.05) is 18.2 Å². The van der Waals surface area contributed by atoms with Gasteiger partial charge in [0.25, 0.3) is 5.56 Å². The van der Waals surface area contributed by atoms with Crippen LogP contribution in [-0.4, -0.2) is 36.7 Å². The molecule has 1 aromatic heterocycles. The second-order valence-electron chi connectivity index (χ2n) is 5.23. The molecule has 0 unspecified atom stereocenters. The van der Waals surface area contributed by atoms with Crippen molar-refractivity contribution in [2.45, 2.75) is 13.5 Å². The molecule has 0 aliphatic rings. The van der Waals surface area contributed by atoms with Crippen molar-refractivity contribution >= 4 is 11.9 Å². The molecule has 7 nitrogen and oxygen atoms in total. The molecule has 1 N–H and O–H groups in total. The molecule has 0 saturated heterocycles. The Bertz CT molecular complexity index is 894. The fourth-order valence-electron chi connectivity index (χ4n) is 2.39. The maximum Gasteiger partial charge on any atom is 0.271 e. The molecular formula is C18H19N3O4. The Morgan fingerprint density at radius 2 is 2.08 bits per heavy atom. The maximum absolute atomic E-state index is 12.3. The summed E-state index contributed by atoms with van der Waals surface area (Å²) < 4.78 is 11.3. The lowest BCUT2D eigenvalue weighted by Crippen LogP contribution is -2.26. The third-order valence-electron chi connectivity index (χ3n) is 3.78. The number of ether oxygens (including phenoxy) is 2. The van der Waals surface area contributed by atoms with E-state index in [-0.39, 0.29) is 24.6 Å². The second kappa shape index (κ2) is 8.13. The van der Waals surface area contributed by atoms with Crippen molar-refractivity contribution in [2.75, 3.05) is 20.8 Å². The molecule has 25 heavy (non-hydrogen) atoms. The topological polar surface area (TPSA) is 96.8 Å². The van der Waals surface area contributed by atoms with E-state index in [4.69, 9.17) is 9.47 Å². The molecule has 0 bridgehead atoms. The van der Waals surface area contributed by atoms with Crippen LogP contribution in [0.5, 0.6) is 11.6 Å². The third kappa shape index (κ3) is 3.70. The van der Waals surface area contributed by atoms with Crippen molar-refractivity contribution in [3.63, 3.8) is 0 Å². The van der Waals surface area contributed by atoms with E-state index in [1.165, 1.54) is 20.4 Å². The summed E-state index contributed by atoms with van der Waals surface area (Å²) in [5, 5.41) is 19.8. The second-order valence-corrected chi connectivity index (χ2v) is 5.23. The van der Waals surface area contributed by atoms with Gasteiger partial charge in [0.2, 0.25) is 5.88 Å². The lowest BCUT2D eigenvalue weighted by atomic mass is 10.1. The molecule has 7 heteroatoms. The summed E-state index contributed by atoms with van der Waals surface area (Å²) in [6.45, 7) is 1.96. The van der Waals surface area contributed by atoms with Gasteiger partial charge in [0.15, 0.2) is 0 Å². The number of para-hydroxylation sites is 2. The van der Waals surface area contributed by atoms with Crippen LogP contribution in [0.25, 0.3) is 0 Å². The maximum atomic E-state index is 12.3. The molecule has 0 atom stereocenters. The van der Waals surface area contributed by atoms with Gasteiger partial charge in [-0.15, -0.1) is 0 Å². The number of pyridine rings is 1. The van der Waals surface area contributed by atoms with Gasteiger partial charge in [0, 0.05) is 13.3 Å². The Balaban J connectivity index is 2.59. The average Bonchev–Trinajstić information content (AvgIpc) is 2.62. The fraction of sp³-hybridized carbons (Fsp3) is 0.278. The molecule has 0 saturated carbocycles. The summed E-state index contributed by atoms with van der Waals surface area (Å²) in [5.41, 5.74) is 0.659. The van der Waals surface area contributed by atoms with E-state index < -0.39 is 5.56 Å². The number of nitriles is 1. The molecule has 0 radical (unpaired) electrons. The van der Waals surface area contributed by atoms with Crippen molar-refractivity contribution in [3.8, 4) is 17.7 Å². The molecule has 1 aromatic carbocycles. The molecular weight excluding hydrogens is 322 g/mol. The van der Waals surface area contributed by atoms with Crippen LogP contribution in [-0.2, 0) is 11.3 Å². The van der Waals surface area contributed by atoms with Gasteiger partial charge in [-0.3, -0.25) is 14.4 Å². The van der Waals surface area contributed by atoms with Crippen LogP contribution < -0.4 is 10.3 Å². The number of aliphatic imine (C=N–C) groups is 1. The quantitative estimate of drug-likeness (QED) is 0.812. The van der Waals surface area contributed by atoms with Crippen molar-refractivity contribution in [1.29, 1.82) is 5.26 Å². The first-order chi connectivity index (χ1) is 12.0. The Morgan fingerprint density at radius 1 is 1.36 bits per heavy atom. The molecule has 1 heterocycles. The molecule has 0 spiro atoms. The standard InChI is InChI=1S/C18H19N3O4/c1-12-13(10-19)17(22)21(8-9-24-2)18(23)14(12)11-20-15-6-4-5-7-16(15)25-3/h4-7,11,23H,8-9H2,1-3H3. The van der Waals surface area contributed by atoms with Crippen LogP contribution in [0.15, 0.2) is 34.1 Å². The van der Waals surface area contributed by atoms with E-state index in [0.29, 0.717) is 22.6 Å². The molecule has 0 aliphatic carbocycles. The van der Waals surface area contributed by atoms with Crippen LogP contribution in [0.4, 0.5) is 5.69 Å². The molecule has 0 fully saturated rings. The summed E-state index contributed by atoms with van der Waals surface area (Å²) in [6.07, 6.45) is 1.42. The number of aromatic nitrogens is 1. The van der Waals surface area contributed by atoms with Crippen LogP contribution in [0.3, 0.4) is 0 Å². The number of aromatic hydroxyl groups is 1. The Hall–Kier alpha value is -3.11. The zero-order chi connectivity index (χ0) is 18.4. The van der Waals surface area contributed by atoms with Gasteiger partial charge in [-0.25, -0.2) is 0 Å². The van der Waals surface area contributed by atoms with E-state index in [2.05, 4.69) is 4.99 Å². The fourth-order valence-corrected chi connectivity index (χ4v) is 2.39. The van der Waals surface area contributed by atoms with Gasteiger partial charge < -0.3 is 14.6 Å². The van der Waals surface area contributed by atoms with Gasteiger partial charge in [-0.1, -0.05) is 12.1 Å². The van der Waals surface area contributed by atoms with E-state index in [9.17, 15) is 15.2 Å². The summed E-state index contributed by atoms with van der Waals surface area (Å²) in [7, 11) is 3.03. The number of rotatable bonds is 6. The highest BCUT2D eigenvalue weighted by Crippen LogP contribution is 2.27. The highest BCUT2D eigenvalue weighted by Gasteiger charge is 2.17. The number of nitrogens with zero attached hydrogens (tertiary/aromatic N) is 3. The predicted octanol–water partition coefficient (Wildman–Crippen LogP) is 2.14. The number of hydrogen-bond donors (Lipinski definition) is 1. The number of benzene rings is 1. The highest BCUT2D eigenvalue weighted by molar-refractivity contribution is 5.87. The normalized spacial score (nSPS) is 10.8. The number of hydrogen-bond acceptors (Lipinski definition) is 6. The van der Waals surface area contributed by atoms with Crippen LogP contribution >= 0.6 is 0 Å². The zero-order valence-electron chi connectivity index (χ0n) is 14.3. The summed E-state index contributed by atoms with van der Waals surface area (Å²) in [6, 6.07) is 9.04.